The fourth-order valence-electron chi connectivity index (χ4n) is 2.53. The van der Waals surface area contributed by atoms with E-state index >= 15 is 0 Å². The van der Waals surface area contributed by atoms with Crippen LogP contribution >= 0.6 is 0 Å². The molecule has 0 atom stereocenters. The minimum absolute atomic E-state index is 0.00243. The number of likely N-dealkylation sites (tertiary alicyclic amines) is 1. The molecule has 0 bridgehead atoms. The molecule has 1 heterocycles. The lowest BCUT2D eigenvalue weighted by molar-refractivity contribution is -0.138. The standard InChI is InChI=1S/C17H22N2O3/c1-13-7-4-5-8-14(13)18-15(20)9-3-2-6-12-19-16(21)10-11-17(19)22/h4-5,7-8H,2-3,6,9-12H2,1H3,(H,18,20). The highest BCUT2D eigenvalue weighted by molar-refractivity contribution is 6.01. The third-order valence-electron chi connectivity index (χ3n) is 3.86. The number of aryl methyl sites for hydroxylation is 1. The summed E-state index contributed by atoms with van der Waals surface area (Å²) in [6.07, 6.45) is 3.49. The van der Waals surface area contributed by atoms with Crippen LogP contribution in [-0.2, 0) is 14.4 Å². The number of rotatable bonds is 7. The lowest BCUT2D eigenvalue weighted by atomic mass is 10.1. The molecule has 1 saturated heterocycles. The van der Waals surface area contributed by atoms with Gasteiger partial charge >= 0.3 is 0 Å². The van der Waals surface area contributed by atoms with Crippen LogP contribution in [0.1, 0.15) is 44.1 Å². The largest absolute Gasteiger partial charge is 0.326 e. The summed E-state index contributed by atoms with van der Waals surface area (Å²) in [5, 5.41) is 2.90. The number of amides is 3. The molecule has 3 amide bonds. The van der Waals surface area contributed by atoms with Crippen molar-refractivity contribution in [1.82, 2.24) is 4.90 Å². The van der Waals surface area contributed by atoms with Crippen molar-refractivity contribution in [3.63, 3.8) is 0 Å². The van der Waals surface area contributed by atoms with E-state index in [1.807, 2.05) is 31.2 Å². The first-order chi connectivity index (χ1) is 10.6. The summed E-state index contributed by atoms with van der Waals surface area (Å²) in [6, 6.07) is 7.68. The molecule has 2 rings (SSSR count). The minimum Gasteiger partial charge on any atom is -0.326 e. The lowest BCUT2D eigenvalue weighted by Crippen LogP contribution is -2.29. The van der Waals surface area contributed by atoms with Crippen molar-refractivity contribution < 1.29 is 14.4 Å². The van der Waals surface area contributed by atoms with Gasteiger partial charge in [-0.2, -0.15) is 0 Å². The Morgan fingerprint density at radius 1 is 1.09 bits per heavy atom. The maximum absolute atomic E-state index is 11.9. The molecule has 1 N–H and O–H groups in total. The van der Waals surface area contributed by atoms with Crippen LogP contribution in [-0.4, -0.2) is 29.2 Å². The number of hydrogen-bond acceptors (Lipinski definition) is 3. The highest BCUT2D eigenvalue weighted by Crippen LogP contribution is 2.15. The Morgan fingerprint density at radius 2 is 1.77 bits per heavy atom. The molecule has 22 heavy (non-hydrogen) atoms. The summed E-state index contributed by atoms with van der Waals surface area (Å²) in [6.45, 7) is 2.44. The Kier molecular flexibility index (Phi) is 5.69. The van der Waals surface area contributed by atoms with E-state index in [1.54, 1.807) is 0 Å². The van der Waals surface area contributed by atoms with E-state index in [1.165, 1.54) is 4.90 Å². The van der Waals surface area contributed by atoms with E-state index in [-0.39, 0.29) is 17.7 Å². The van der Waals surface area contributed by atoms with Gasteiger partial charge in [0.05, 0.1) is 0 Å². The monoisotopic (exact) mass is 302 g/mol. The van der Waals surface area contributed by atoms with Gasteiger partial charge in [0, 0.05) is 31.5 Å². The van der Waals surface area contributed by atoms with Crippen molar-refractivity contribution >= 4 is 23.4 Å². The average Bonchev–Trinajstić information content (AvgIpc) is 2.81. The maximum atomic E-state index is 11.9. The van der Waals surface area contributed by atoms with E-state index in [0.717, 1.165) is 30.5 Å². The summed E-state index contributed by atoms with van der Waals surface area (Å²) < 4.78 is 0. The number of benzene rings is 1. The summed E-state index contributed by atoms with van der Waals surface area (Å²) >= 11 is 0. The van der Waals surface area contributed by atoms with Gasteiger partial charge in [-0.1, -0.05) is 24.6 Å². The molecule has 0 saturated carbocycles. The Bertz CT molecular complexity index is 553. The molecular weight excluding hydrogens is 280 g/mol. The van der Waals surface area contributed by atoms with Gasteiger partial charge in [-0.05, 0) is 31.4 Å². The topological polar surface area (TPSA) is 66.5 Å². The zero-order chi connectivity index (χ0) is 15.9. The molecule has 0 aromatic heterocycles. The first-order valence-electron chi connectivity index (χ1n) is 7.76. The van der Waals surface area contributed by atoms with E-state index in [2.05, 4.69) is 5.32 Å². The second kappa shape index (κ2) is 7.73. The number of carbonyl (C=O) groups is 3. The van der Waals surface area contributed by atoms with Crippen molar-refractivity contribution in [2.75, 3.05) is 11.9 Å². The van der Waals surface area contributed by atoms with Crippen LogP contribution in [0.15, 0.2) is 24.3 Å². The molecule has 0 aliphatic carbocycles. The zero-order valence-electron chi connectivity index (χ0n) is 12.9. The quantitative estimate of drug-likeness (QED) is 0.622. The molecule has 1 aliphatic rings. The lowest BCUT2D eigenvalue weighted by Gasteiger charge is -2.13. The van der Waals surface area contributed by atoms with Crippen LogP contribution in [0, 0.1) is 6.92 Å². The summed E-state index contributed by atoms with van der Waals surface area (Å²) in [4.78, 5) is 36.1. The molecule has 1 aromatic rings. The van der Waals surface area contributed by atoms with Gasteiger partial charge in [0.1, 0.15) is 0 Å². The number of nitrogens with one attached hydrogen (secondary N) is 1. The zero-order valence-corrected chi connectivity index (χ0v) is 12.9. The van der Waals surface area contributed by atoms with Crippen LogP contribution < -0.4 is 5.32 Å². The van der Waals surface area contributed by atoms with E-state index in [0.29, 0.717) is 25.8 Å². The third-order valence-corrected chi connectivity index (χ3v) is 3.86. The maximum Gasteiger partial charge on any atom is 0.229 e. The number of imide groups is 1. The molecule has 1 fully saturated rings. The molecule has 1 aliphatic heterocycles. The van der Waals surface area contributed by atoms with E-state index in [9.17, 15) is 14.4 Å². The van der Waals surface area contributed by atoms with Gasteiger partial charge in [-0.3, -0.25) is 19.3 Å². The Morgan fingerprint density at radius 3 is 2.45 bits per heavy atom. The molecule has 118 valence electrons. The number of nitrogens with zero attached hydrogens (tertiary/aromatic N) is 1. The van der Waals surface area contributed by atoms with Gasteiger partial charge < -0.3 is 5.32 Å². The van der Waals surface area contributed by atoms with Gasteiger partial charge in [0.2, 0.25) is 17.7 Å². The first-order valence-corrected chi connectivity index (χ1v) is 7.76. The molecule has 0 radical (unpaired) electrons. The second-order valence-corrected chi connectivity index (χ2v) is 5.61. The number of anilines is 1. The Balaban J connectivity index is 1.62. The van der Waals surface area contributed by atoms with Crippen molar-refractivity contribution in [2.45, 2.75) is 45.4 Å². The fourth-order valence-corrected chi connectivity index (χ4v) is 2.53. The predicted octanol–water partition coefficient (Wildman–Crippen LogP) is 2.64. The van der Waals surface area contributed by atoms with Crippen molar-refractivity contribution in [1.29, 1.82) is 0 Å². The highest BCUT2D eigenvalue weighted by atomic mass is 16.2. The van der Waals surface area contributed by atoms with Crippen LogP contribution in [0.25, 0.3) is 0 Å². The van der Waals surface area contributed by atoms with Gasteiger partial charge in [-0.25, -0.2) is 0 Å². The van der Waals surface area contributed by atoms with Gasteiger partial charge in [0.25, 0.3) is 0 Å². The Labute approximate surface area is 130 Å². The minimum atomic E-state index is -0.0673. The molecular formula is C17H22N2O3. The smallest absolute Gasteiger partial charge is 0.229 e. The Hall–Kier alpha value is -2.17. The molecule has 5 heteroatoms. The SMILES string of the molecule is Cc1ccccc1NC(=O)CCCCCN1C(=O)CCC1=O. The number of unbranched alkanes of at least 4 members (excludes halogenated alkanes) is 2. The van der Waals surface area contributed by atoms with Crippen molar-refractivity contribution in [2.24, 2.45) is 0 Å². The van der Waals surface area contributed by atoms with Crippen molar-refractivity contribution in [3.05, 3.63) is 29.8 Å². The van der Waals surface area contributed by atoms with Gasteiger partial charge in [-0.15, -0.1) is 0 Å². The number of para-hydroxylation sites is 1. The molecule has 0 unspecified atom stereocenters. The van der Waals surface area contributed by atoms with Crippen molar-refractivity contribution in [3.8, 4) is 0 Å². The molecule has 5 nitrogen and oxygen atoms in total. The first kappa shape index (κ1) is 16.2. The molecule has 0 spiro atoms. The predicted molar refractivity (Wildman–Crippen MR) is 84.2 cm³/mol. The fraction of sp³-hybridized carbons (Fsp3) is 0.471. The van der Waals surface area contributed by atoms with E-state index in [4.69, 9.17) is 0 Å². The second-order valence-electron chi connectivity index (χ2n) is 5.61. The summed E-state index contributed by atoms with van der Waals surface area (Å²) in [7, 11) is 0. The third kappa shape index (κ3) is 4.41. The van der Waals surface area contributed by atoms with Crippen LogP contribution in [0.2, 0.25) is 0 Å². The normalized spacial score (nSPS) is 14.5. The summed E-state index contributed by atoms with van der Waals surface area (Å²) in [5.41, 5.74) is 1.89. The van der Waals surface area contributed by atoms with Crippen LogP contribution in [0.3, 0.4) is 0 Å². The number of carbonyl (C=O) groups excluding carboxylic acids is 3. The average molecular weight is 302 g/mol. The number of hydrogen-bond donors (Lipinski definition) is 1. The van der Waals surface area contributed by atoms with Crippen LogP contribution in [0.5, 0.6) is 0 Å². The van der Waals surface area contributed by atoms with E-state index < -0.39 is 0 Å². The van der Waals surface area contributed by atoms with Crippen LogP contribution in [0.4, 0.5) is 5.69 Å². The van der Waals surface area contributed by atoms with Gasteiger partial charge in [0.15, 0.2) is 0 Å². The summed E-state index contributed by atoms with van der Waals surface area (Å²) in [5.74, 6) is -0.132. The highest BCUT2D eigenvalue weighted by Gasteiger charge is 2.27. The molecule has 1 aromatic carbocycles.